The fourth-order valence-electron chi connectivity index (χ4n) is 5.34. The van der Waals surface area contributed by atoms with Gasteiger partial charge < -0.3 is 65.0 Å². The number of hydrogen-bond donors (Lipinski definition) is 10. The molecule has 2 aromatic carbocycles. The van der Waals surface area contributed by atoms with Gasteiger partial charge in [0.05, 0.1) is 23.8 Å². The molecule has 0 amide bonds. The van der Waals surface area contributed by atoms with E-state index in [4.69, 9.17) is 13.9 Å². The van der Waals surface area contributed by atoms with Crippen LogP contribution in [-0.2, 0) is 9.47 Å². The van der Waals surface area contributed by atoms with Crippen LogP contribution >= 0.6 is 0 Å². The summed E-state index contributed by atoms with van der Waals surface area (Å²) >= 11 is 0. The van der Waals surface area contributed by atoms with Crippen LogP contribution in [0.1, 0.15) is 30.3 Å². The van der Waals surface area contributed by atoms with E-state index in [-0.39, 0.29) is 11.5 Å². The molecule has 2 aliphatic rings. The second-order valence-corrected chi connectivity index (χ2v) is 10.2. The van der Waals surface area contributed by atoms with E-state index in [1.54, 1.807) is 0 Å². The van der Waals surface area contributed by atoms with Gasteiger partial charge in [-0.3, -0.25) is 4.79 Å². The Labute approximate surface area is 231 Å². The Kier molecular flexibility index (Phi) is 7.71. The van der Waals surface area contributed by atoms with Crippen molar-refractivity contribution in [2.45, 2.75) is 68.0 Å². The molecular formula is C27H30O14. The molecule has 0 radical (unpaired) electrons. The standard InChI is InChI=1S/C27H30O14/c1-8-17(31)21(35)23(37)26(39-8)15-19(33)14-11(30)6-12(9-2-4-10(29)5-3-9)40-25(14)16(20(15)34)27-24(38)22(36)18(32)13(7-28)41-27/h2-6,8,13,17-18,21-24,26-29,31-38H,7H2,1H3/t8-,13-,17+,18-,21+,22+,23-,24-,26+,27+/m1/s1. The minimum absolute atomic E-state index is 0.0774. The summed E-state index contributed by atoms with van der Waals surface area (Å²) in [6.07, 6.45) is -16.9. The van der Waals surface area contributed by atoms with Gasteiger partial charge in [0.1, 0.15) is 83.3 Å². The van der Waals surface area contributed by atoms with E-state index < -0.39 is 107 Å². The second kappa shape index (κ2) is 10.8. The van der Waals surface area contributed by atoms with Crippen LogP contribution < -0.4 is 5.43 Å². The molecule has 0 aliphatic carbocycles. The first-order valence-corrected chi connectivity index (χ1v) is 12.7. The van der Waals surface area contributed by atoms with Crippen molar-refractivity contribution in [3.63, 3.8) is 0 Å². The summed E-state index contributed by atoms with van der Waals surface area (Å²) < 4.78 is 17.2. The molecule has 0 saturated carbocycles. The molecule has 0 spiro atoms. The quantitative estimate of drug-likeness (QED) is 0.172. The van der Waals surface area contributed by atoms with Crippen molar-refractivity contribution >= 4 is 11.0 Å². The topological polar surface area (TPSA) is 251 Å². The van der Waals surface area contributed by atoms with Crippen molar-refractivity contribution in [3.05, 3.63) is 51.7 Å². The molecule has 0 bridgehead atoms. The Hall–Kier alpha value is -3.31. The Balaban J connectivity index is 1.82. The first kappa shape index (κ1) is 29.2. The van der Waals surface area contributed by atoms with Crippen LogP contribution in [0.4, 0.5) is 0 Å². The zero-order valence-electron chi connectivity index (χ0n) is 21.5. The lowest BCUT2D eigenvalue weighted by atomic mass is 9.85. The van der Waals surface area contributed by atoms with Gasteiger partial charge in [-0.05, 0) is 31.2 Å². The third-order valence-corrected chi connectivity index (χ3v) is 7.66. The number of phenolic OH excluding ortho intramolecular Hbond substituents is 3. The first-order valence-electron chi connectivity index (χ1n) is 12.7. The fourth-order valence-corrected chi connectivity index (χ4v) is 5.34. The van der Waals surface area contributed by atoms with E-state index in [1.807, 2.05) is 0 Å². The number of ether oxygens (including phenoxy) is 2. The van der Waals surface area contributed by atoms with E-state index >= 15 is 0 Å². The summed E-state index contributed by atoms with van der Waals surface area (Å²) in [4.78, 5) is 13.4. The highest BCUT2D eigenvalue weighted by molar-refractivity contribution is 5.92. The number of aromatic hydroxyl groups is 3. The van der Waals surface area contributed by atoms with Crippen LogP contribution in [0, 0.1) is 0 Å². The molecule has 10 N–H and O–H groups in total. The number of benzene rings is 2. The maximum atomic E-state index is 13.4. The average molecular weight is 579 g/mol. The number of hydrogen-bond acceptors (Lipinski definition) is 14. The summed E-state index contributed by atoms with van der Waals surface area (Å²) in [6, 6.07) is 6.48. The molecule has 1 aromatic heterocycles. The van der Waals surface area contributed by atoms with Gasteiger partial charge in [-0.25, -0.2) is 0 Å². The fraction of sp³-hybridized carbons (Fsp3) is 0.444. The molecule has 41 heavy (non-hydrogen) atoms. The maximum Gasteiger partial charge on any atom is 0.197 e. The molecule has 5 rings (SSSR count). The molecule has 2 aliphatic heterocycles. The van der Waals surface area contributed by atoms with Gasteiger partial charge in [0.15, 0.2) is 11.0 Å². The molecule has 10 atom stereocenters. The SMILES string of the molecule is C[C@H]1O[C@@H](c2c(O)c([C@@H]3O[C@H](CO)[C@@H](O)[C@H](O)[C@H]3O)c3oc(-c4ccc(O)cc4)cc(=O)c3c2O)[C@H](O)[C@@H](O)[C@H]1O. The van der Waals surface area contributed by atoms with Crippen molar-refractivity contribution in [1.82, 2.24) is 0 Å². The number of fused-ring (bicyclic) bond motifs is 1. The first-order chi connectivity index (χ1) is 19.4. The Morgan fingerprint density at radius 2 is 1.32 bits per heavy atom. The van der Waals surface area contributed by atoms with Gasteiger partial charge in [0.25, 0.3) is 0 Å². The Morgan fingerprint density at radius 3 is 1.93 bits per heavy atom. The zero-order valence-corrected chi connectivity index (χ0v) is 21.5. The van der Waals surface area contributed by atoms with Crippen molar-refractivity contribution in [1.29, 1.82) is 0 Å². The Bertz CT molecular complexity index is 1480. The van der Waals surface area contributed by atoms with Gasteiger partial charge in [0.2, 0.25) is 0 Å². The largest absolute Gasteiger partial charge is 0.508 e. The summed E-state index contributed by atoms with van der Waals surface area (Å²) in [5.74, 6) is -2.01. The van der Waals surface area contributed by atoms with Crippen LogP contribution in [0.5, 0.6) is 17.2 Å². The third kappa shape index (κ3) is 4.72. The van der Waals surface area contributed by atoms with Gasteiger partial charge in [-0.1, -0.05) is 0 Å². The summed E-state index contributed by atoms with van der Waals surface area (Å²) in [7, 11) is 0. The van der Waals surface area contributed by atoms with Crippen LogP contribution in [0.2, 0.25) is 0 Å². The van der Waals surface area contributed by atoms with Crippen molar-refractivity contribution in [3.8, 4) is 28.6 Å². The lowest BCUT2D eigenvalue weighted by molar-refractivity contribution is -0.232. The number of rotatable bonds is 4. The van der Waals surface area contributed by atoms with E-state index in [0.717, 1.165) is 6.07 Å². The molecule has 0 unspecified atom stereocenters. The Morgan fingerprint density at radius 1 is 0.732 bits per heavy atom. The highest BCUT2D eigenvalue weighted by Gasteiger charge is 2.49. The zero-order chi connectivity index (χ0) is 29.9. The van der Waals surface area contributed by atoms with Gasteiger partial charge in [-0.2, -0.15) is 0 Å². The predicted octanol–water partition coefficient (Wildman–Crippen LogP) is -1.37. The van der Waals surface area contributed by atoms with Crippen molar-refractivity contribution < 1.29 is 65.0 Å². The molecule has 14 nitrogen and oxygen atoms in total. The van der Waals surface area contributed by atoms with Crippen molar-refractivity contribution in [2.75, 3.05) is 6.61 Å². The molecule has 2 fully saturated rings. The van der Waals surface area contributed by atoms with E-state index in [2.05, 4.69) is 0 Å². The van der Waals surface area contributed by atoms with E-state index in [1.165, 1.54) is 31.2 Å². The number of phenols is 3. The van der Waals surface area contributed by atoms with Crippen molar-refractivity contribution in [2.24, 2.45) is 0 Å². The smallest absolute Gasteiger partial charge is 0.197 e. The van der Waals surface area contributed by atoms with Gasteiger partial charge >= 0.3 is 0 Å². The molecule has 14 heteroatoms. The van der Waals surface area contributed by atoms with E-state index in [9.17, 15) is 55.9 Å². The van der Waals surface area contributed by atoms with E-state index in [0.29, 0.717) is 5.56 Å². The minimum Gasteiger partial charge on any atom is -0.508 e. The molecule has 3 aromatic rings. The van der Waals surface area contributed by atoms with Crippen LogP contribution in [-0.4, -0.2) is 107 Å². The molecule has 2 saturated heterocycles. The molecule has 3 heterocycles. The normalized spacial score (nSPS) is 34.1. The predicted molar refractivity (Wildman–Crippen MR) is 137 cm³/mol. The number of aliphatic hydroxyl groups is 7. The lowest BCUT2D eigenvalue weighted by Crippen LogP contribution is -2.55. The van der Waals surface area contributed by atoms with Crippen LogP contribution in [0.25, 0.3) is 22.3 Å². The monoisotopic (exact) mass is 578 g/mol. The van der Waals surface area contributed by atoms with Gasteiger partial charge in [0, 0.05) is 11.6 Å². The molecule has 222 valence electrons. The summed E-state index contributed by atoms with van der Waals surface area (Å²) in [6.45, 7) is 0.540. The van der Waals surface area contributed by atoms with Crippen LogP contribution in [0.15, 0.2) is 39.5 Å². The highest BCUT2D eigenvalue weighted by Crippen LogP contribution is 2.50. The second-order valence-electron chi connectivity index (χ2n) is 10.2. The number of aliphatic hydroxyl groups excluding tert-OH is 7. The summed E-state index contributed by atoms with van der Waals surface area (Å²) in [5.41, 5.74) is -2.20. The lowest BCUT2D eigenvalue weighted by Gasteiger charge is -2.42. The summed E-state index contributed by atoms with van der Waals surface area (Å²) in [5, 5.41) is 104. The van der Waals surface area contributed by atoms with Gasteiger partial charge in [-0.15, -0.1) is 0 Å². The third-order valence-electron chi connectivity index (χ3n) is 7.66. The minimum atomic E-state index is -1.97. The highest BCUT2D eigenvalue weighted by atomic mass is 16.5. The van der Waals surface area contributed by atoms with Crippen LogP contribution in [0.3, 0.4) is 0 Å². The molecular weight excluding hydrogens is 548 g/mol. The maximum absolute atomic E-state index is 13.4. The average Bonchev–Trinajstić information content (AvgIpc) is 2.94.